The van der Waals surface area contributed by atoms with Crippen molar-refractivity contribution in [1.82, 2.24) is 5.32 Å². The number of aryl methyl sites for hydroxylation is 2. The molecular weight excluding hydrogens is 293 g/mol. The van der Waals surface area contributed by atoms with Crippen molar-refractivity contribution in [3.63, 3.8) is 0 Å². The minimum Gasteiger partial charge on any atom is -0.481 e. The zero-order chi connectivity index (χ0) is 17.0. The molecule has 0 aliphatic rings. The van der Waals surface area contributed by atoms with Gasteiger partial charge in [0, 0.05) is 0 Å². The number of carbonyl (C=O) groups excluding carboxylic acids is 1. The Kier molecular flexibility index (Phi) is 5.37. The predicted octanol–water partition coefficient (Wildman–Crippen LogP) is 4.09. The highest BCUT2D eigenvalue weighted by Crippen LogP contribution is 2.19. The van der Waals surface area contributed by atoms with Crippen molar-refractivity contribution in [3.05, 3.63) is 65.0 Å². The summed E-state index contributed by atoms with van der Waals surface area (Å²) in [6, 6.07) is 11.7. The number of carbonyl (C=O) groups is 1. The van der Waals surface area contributed by atoms with Crippen LogP contribution in [0, 0.1) is 19.7 Å². The first-order chi connectivity index (χ1) is 10.9. The summed E-state index contributed by atoms with van der Waals surface area (Å²) in [6.07, 6.45) is -0.659. The maximum absolute atomic E-state index is 12.9. The second kappa shape index (κ2) is 7.27. The van der Waals surface area contributed by atoms with E-state index in [2.05, 4.69) is 11.4 Å². The highest BCUT2D eigenvalue weighted by Gasteiger charge is 2.18. The van der Waals surface area contributed by atoms with Crippen molar-refractivity contribution in [2.75, 3.05) is 0 Å². The van der Waals surface area contributed by atoms with E-state index in [1.807, 2.05) is 32.9 Å². The molecule has 0 aliphatic heterocycles. The first-order valence-corrected chi connectivity index (χ1v) is 7.66. The first kappa shape index (κ1) is 17.0. The second-order valence-electron chi connectivity index (χ2n) is 5.80. The van der Waals surface area contributed by atoms with Gasteiger partial charge in [-0.3, -0.25) is 4.79 Å². The third kappa shape index (κ3) is 4.55. The summed E-state index contributed by atoms with van der Waals surface area (Å²) in [6.45, 7) is 7.69. The summed E-state index contributed by atoms with van der Waals surface area (Å²) in [5, 5.41) is 2.95. The molecule has 122 valence electrons. The van der Waals surface area contributed by atoms with Crippen LogP contribution < -0.4 is 10.1 Å². The number of hydrogen-bond donors (Lipinski definition) is 1. The molecule has 1 N–H and O–H groups in total. The third-order valence-corrected chi connectivity index (χ3v) is 3.75. The Hall–Kier alpha value is -2.36. The lowest BCUT2D eigenvalue weighted by Crippen LogP contribution is -2.38. The molecule has 0 saturated carbocycles. The van der Waals surface area contributed by atoms with Crippen LogP contribution in [0.5, 0.6) is 5.75 Å². The van der Waals surface area contributed by atoms with E-state index < -0.39 is 6.10 Å². The third-order valence-electron chi connectivity index (χ3n) is 3.75. The molecule has 2 aromatic rings. The highest BCUT2D eigenvalue weighted by molar-refractivity contribution is 5.81. The Labute approximate surface area is 136 Å². The van der Waals surface area contributed by atoms with Gasteiger partial charge in [-0.05, 0) is 63.1 Å². The fourth-order valence-electron chi connectivity index (χ4n) is 2.49. The Bertz CT molecular complexity index is 682. The molecule has 0 spiro atoms. The molecule has 2 rings (SSSR count). The first-order valence-electron chi connectivity index (χ1n) is 7.66. The molecule has 0 unspecified atom stereocenters. The largest absolute Gasteiger partial charge is 0.481 e. The van der Waals surface area contributed by atoms with Crippen LogP contribution in [0.1, 0.15) is 36.6 Å². The van der Waals surface area contributed by atoms with Gasteiger partial charge in [0.05, 0.1) is 6.04 Å². The van der Waals surface area contributed by atoms with E-state index in [1.54, 1.807) is 6.92 Å². The molecule has 0 fully saturated rings. The quantitative estimate of drug-likeness (QED) is 0.902. The van der Waals surface area contributed by atoms with Crippen molar-refractivity contribution < 1.29 is 13.9 Å². The Morgan fingerprint density at radius 1 is 1.09 bits per heavy atom. The van der Waals surface area contributed by atoms with Crippen molar-refractivity contribution in [2.45, 2.75) is 39.8 Å². The summed E-state index contributed by atoms with van der Waals surface area (Å²) < 4.78 is 18.4. The maximum atomic E-state index is 12.9. The molecule has 0 aliphatic carbocycles. The van der Waals surface area contributed by atoms with Crippen LogP contribution >= 0.6 is 0 Å². The van der Waals surface area contributed by atoms with E-state index in [1.165, 1.54) is 29.8 Å². The average Bonchev–Trinajstić information content (AvgIpc) is 2.49. The van der Waals surface area contributed by atoms with E-state index in [0.29, 0.717) is 5.75 Å². The number of amides is 1. The molecule has 0 radical (unpaired) electrons. The number of rotatable bonds is 5. The molecular formula is C19H22FNO2. The fourth-order valence-corrected chi connectivity index (χ4v) is 2.49. The van der Waals surface area contributed by atoms with Crippen LogP contribution in [0.25, 0.3) is 0 Å². The van der Waals surface area contributed by atoms with Gasteiger partial charge in [0.1, 0.15) is 11.6 Å². The van der Waals surface area contributed by atoms with Gasteiger partial charge in [0.2, 0.25) is 0 Å². The van der Waals surface area contributed by atoms with Crippen LogP contribution in [0.3, 0.4) is 0 Å². The molecule has 0 saturated heterocycles. The van der Waals surface area contributed by atoms with Crippen LogP contribution in [0.4, 0.5) is 4.39 Å². The molecule has 4 heteroatoms. The van der Waals surface area contributed by atoms with E-state index in [0.717, 1.165) is 11.1 Å². The van der Waals surface area contributed by atoms with Gasteiger partial charge in [0.25, 0.3) is 5.91 Å². The van der Waals surface area contributed by atoms with Gasteiger partial charge in [0.15, 0.2) is 6.10 Å². The number of halogens is 1. The number of benzene rings is 2. The summed E-state index contributed by atoms with van der Waals surface area (Å²) >= 11 is 0. The number of hydrogen-bond acceptors (Lipinski definition) is 2. The minimum atomic E-state index is -0.659. The maximum Gasteiger partial charge on any atom is 0.261 e. The van der Waals surface area contributed by atoms with E-state index >= 15 is 0 Å². The lowest BCUT2D eigenvalue weighted by molar-refractivity contribution is -0.127. The van der Waals surface area contributed by atoms with Crippen LogP contribution in [0.2, 0.25) is 0 Å². The molecule has 2 aromatic carbocycles. The van der Waals surface area contributed by atoms with Gasteiger partial charge in [-0.2, -0.15) is 0 Å². The van der Waals surface area contributed by atoms with Crippen LogP contribution in [-0.2, 0) is 4.79 Å². The number of nitrogens with one attached hydrogen (secondary N) is 1. The standard InChI is InChI=1S/C19H22FNO2/c1-12-5-10-18(13(2)11-12)14(3)21-19(22)15(4)23-17-8-6-16(20)7-9-17/h5-11,14-15H,1-4H3,(H,21,22)/t14-,15-/m1/s1. The summed E-state index contributed by atoms with van der Waals surface area (Å²) in [5.74, 6) is -0.0760. The zero-order valence-corrected chi connectivity index (χ0v) is 13.9. The fraction of sp³-hybridized carbons (Fsp3) is 0.316. The minimum absolute atomic E-state index is 0.109. The smallest absolute Gasteiger partial charge is 0.261 e. The second-order valence-corrected chi connectivity index (χ2v) is 5.80. The van der Waals surface area contributed by atoms with Crippen molar-refractivity contribution in [1.29, 1.82) is 0 Å². The molecule has 0 heterocycles. The molecule has 2 atom stereocenters. The van der Waals surface area contributed by atoms with E-state index in [-0.39, 0.29) is 17.8 Å². The van der Waals surface area contributed by atoms with Crippen molar-refractivity contribution in [2.24, 2.45) is 0 Å². The van der Waals surface area contributed by atoms with Crippen molar-refractivity contribution in [3.8, 4) is 5.75 Å². The van der Waals surface area contributed by atoms with Crippen molar-refractivity contribution >= 4 is 5.91 Å². The lowest BCUT2D eigenvalue weighted by atomic mass is 10.0. The van der Waals surface area contributed by atoms with E-state index in [9.17, 15) is 9.18 Å². The van der Waals surface area contributed by atoms with Gasteiger partial charge in [-0.15, -0.1) is 0 Å². The zero-order valence-electron chi connectivity index (χ0n) is 13.9. The van der Waals surface area contributed by atoms with Gasteiger partial charge in [-0.25, -0.2) is 4.39 Å². The molecule has 3 nitrogen and oxygen atoms in total. The average molecular weight is 315 g/mol. The Balaban J connectivity index is 1.98. The topological polar surface area (TPSA) is 38.3 Å². The number of ether oxygens (including phenoxy) is 1. The molecule has 23 heavy (non-hydrogen) atoms. The predicted molar refractivity (Wildman–Crippen MR) is 89.0 cm³/mol. The monoisotopic (exact) mass is 315 g/mol. The van der Waals surface area contributed by atoms with Gasteiger partial charge >= 0.3 is 0 Å². The Morgan fingerprint density at radius 3 is 2.35 bits per heavy atom. The van der Waals surface area contributed by atoms with Crippen LogP contribution in [-0.4, -0.2) is 12.0 Å². The molecule has 1 amide bonds. The van der Waals surface area contributed by atoms with Gasteiger partial charge in [-0.1, -0.05) is 23.8 Å². The SMILES string of the molecule is Cc1ccc([C@@H](C)NC(=O)[C@@H](C)Oc2ccc(F)cc2)c(C)c1. The molecule has 0 aromatic heterocycles. The summed E-state index contributed by atoms with van der Waals surface area (Å²) in [4.78, 5) is 12.3. The van der Waals surface area contributed by atoms with Gasteiger partial charge < -0.3 is 10.1 Å². The Morgan fingerprint density at radius 2 is 1.74 bits per heavy atom. The highest BCUT2D eigenvalue weighted by atomic mass is 19.1. The summed E-state index contributed by atoms with van der Waals surface area (Å²) in [7, 11) is 0. The van der Waals surface area contributed by atoms with Crippen LogP contribution in [0.15, 0.2) is 42.5 Å². The lowest BCUT2D eigenvalue weighted by Gasteiger charge is -2.20. The summed E-state index contributed by atoms with van der Waals surface area (Å²) in [5.41, 5.74) is 3.42. The van der Waals surface area contributed by atoms with E-state index in [4.69, 9.17) is 4.74 Å². The normalized spacial score (nSPS) is 13.3. The molecule has 0 bridgehead atoms.